The Balaban J connectivity index is 1.53. The fraction of sp³-hybridized carbons (Fsp3) is 0.414. The van der Waals surface area contributed by atoms with Crippen LogP contribution in [0.4, 0.5) is 15.0 Å². The van der Waals surface area contributed by atoms with Crippen LogP contribution in [0.1, 0.15) is 31.4 Å². The monoisotopic (exact) mass is 566 g/mol. The van der Waals surface area contributed by atoms with Crippen molar-refractivity contribution >= 4 is 34.6 Å². The molecule has 1 fully saturated rings. The molecule has 1 N–H and O–H groups in total. The highest BCUT2D eigenvalue weighted by atomic mass is 19.1. The molecule has 1 aliphatic rings. The molecule has 4 rings (SSSR count). The Kier molecular flexibility index (Phi) is 9.21. The van der Waals surface area contributed by atoms with E-state index in [-0.39, 0.29) is 36.9 Å². The van der Waals surface area contributed by atoms with Crippen molar-refractivity contribution in [3.05, 3.63) is 70.7 Å². The molecule has 1 aliphatic carbocycles. The number of fused-ring (bicyclic) bond motifs is 1. The Morgan fingerprint density at radius 2 is 1.93 bits per heavy atom. The summed E-state index contributed by atoms with van der Waals surface area (Å²) in [4.78, 5) is 57.1. The quantitative estimate of drug-likeness (QED) is 0.356. The Labute approximate surface area is 237 Å². The number of allylic oxidation sites excluding steroid dienone is 1. The van der Waals surface area contributed by atoms with Crippen LogP contribution in [0.15, 0.2) is 53.6 Å². The Morgan fingerprint density at radius 3 is 2.61 bits per heavy atom. The van der Waals surface area contributed by atoms with Gasteiger partial charge in [0.2, 0.25) is 5.91 Å². The van der Waals surface area contributed by atoms with Crippen LogP contribution in [0.25, 0.3) is 10.9 Å². The van der Waals surface area contributed by atoms with E-state index in [1.807, 2.05) is 6.07 Å². The molecular formula is C29H35FN6O5. The Morgan fingerprint density at radius 1 is 1.17 bits per heavy atom. The van der Waals surface area contributed by atoms with Crippen LogP contribution >= 0.6 is 0 Å². The molecular weight excluding hydrogens is 531 g/mol. The summed E-state index contributed by atoms with van der Waals surface area (Å²) < 4.78 is 22.8. The fourth-order valence-electron chi connectivity index (χ4n) is 4.28. The maximum Gasteiger partial charge on any atom is 0.410 e. The topological polar surface area (TPSA) is 119 Å². The second kappa shape index (κ2) is 12.8. The predicted octanol–water partition coefficient (Wildman–Crippen LogP) is 3.23. The SMILES string of the molecule is CN(C)C(=O)C=CCCC(OC(=O)N(C)C)C(=O)Nc1nccn(Cc2cc3cc(F)ccc3n2CC2CC2)c1=O. The molecule has 1 saturated carbocycles. The molecule has 1 unspecified atom stereocenters. The zero-order chi connectivity index (χ0) is 29.7. The minimum Gasteiger partial charge on any atom is -0.436 e. The number of ether oxygens (including phenoxy) is 1. The number of nitrogens with one attached hydrogen (secondary N) is 1. The first-order chi connectivity index (χ1) is 19.5. The molecule has 1 atom stereocenters. The van der Waals surface area contributed by atoms with Crippen LogP contribution in [0.5, 0.6) is 0 Å². The largest absolute Gasteiger partial charge is 0.436 e. The Bertz CT molecular complexity index is 1520. The highest BCUT2D eigenvalue weighted by Gasteiger charge is 2.26. The van der Waals surface area contributed by atoms with Crippen molar-refractivity contribution < 1.29 is 23.5 Å². The molecule has 3 aromatic rings. The van der Waals surface area contributed by atoms with Gasteiger partial charge >= 0.3 is 6.09 Å². The number of aromatic nitrogens is 3. The molecule has 0 spiro atoms. The molecule has 2 aromatic heterocycles. The fourth-order valence-corrected chi connectivity index (χ4v) is 4.28. The third-order valence-electron chi connectivity index (χ3n) is 6.77. The number of carbonyl (C=O) groups is 3. The molecule has 0 bridgehead atoms. The summed E-state index contributed by atoms with van der Waals surface area (Å²) in [6, 6.07) is 6.52. The number of rotatable bonds is 11. The summed E-state index contributed by atoms with van der Waals surface area (Å²) in [5.74, 6) is -0.920. The van der Waals surface area contributed by atoms with Crippen LogP contribution in [0.3, 0.4) is 0 Å². The zero-order valence-corrected chi connectivity index (χ0v) is 23.7. The van der Waals surface area contributed by atoms with Gasteiger partial charge in [-0.25, -0.2) is 14.2 Å². The van der Waals surface area contributed by atoms with Crippen LogP contribution < -0.4 is 10.9 Å². The summed E-state index contributed by atoms with van der Waals surface area (Å²) >= 11 is 0. The van der Waals surface area contributed by atoms with E-state index in [0.29, 0.717) is 5.92 Å². The summed E-state index contributed by atoms with van der Waals surface area (Å²) in [6.07, 6.45) is 6.56. The van der Waals surface area contributed by atoms with E-state index in [4.69, 9.17) is 4.74 Å². The third-order valence-corrected chi connectivity index (χ3v) is 6.77. The first kappa shape index (κ1) is 29.5. The van der Waals surface area contributed by atoms with Crippen molar-refractivity contribution in [2.75, 3.05) is 33.5 Å². The molecule has 41 heavy (non-hydrogen) atoms. The number of hydrogen-bond acceptors (Lipinski definition) is 6. The van der Waals surface area contributed by atoms with E-state index in [9.17, 15) is 23.6 Å². The lowest BCUT2D eigenvalue weighted by Crippen LogP contribution is -2.38. The van der Waals surface area contributed by atoms with Crippen molar-refractivity contribution in [3.8, 4) is 0 Å². The Hall–Kier alpha value is -4.48. The van der Waals surface area contributed by atoms with E-state index < -0.39 is 23.7 Å². The van der Waals surface area contributed by atoms with Crippen LogP contribution in [0.2, 0.25) is 0 Å². The number of benzene rings is 1. The van der Waals surface area contributed by atoms with Crippen LogP contribution in [0, 0.1) is 11.7 Å². The maximum absolute atomic E-state index is 13.9. The first-order valence-corrected chi connectivity index (χ1v) is 13.4. The average Bonchev–Trinajstić information content (AvgIpc) is 3.68. The van der Waals surface area contributed by atoms with Gasteiger partial charge in [-0.1, -0.05) is 6.08 Å². The number of carbonyl (C=O) groups excluding carboxylic acids is 3. The lowest BCUT2D eigenvalue weighted by atomic mass is 10.1. The number of nitrogens with zero attached hydrogens (tertiary/aromatic N) is 5. The van der Waals surface area contributed by atoms with Gasteiger partial charge in [0.15, 0.2) is 11.9 Å². The third kappa shape index (κ3) is 7.59. The van der Waals surface area contributed by atoms with Gasteiger partial charge in [-0.05, 0) is 61.9 Å². The lowest BCUT2D eigenvalue weighted by Gasteiger charge is -2.19. The zero-order valence-electron chi connectivity index (χ0n) is 23.7. The standard InChI is InChI=1S/C29H35FN6O5/c1-33(2)25(37)8-6-5-7-24(41-29(40)34(3)4)27(38)32-26-28(39)35(14-13-31-26)18-22-16-20-15-21(30)11-12-23(20)36(22)17-19-9-10-19/h6,8,11-16,19,24H,5,7,9-10,17-18H2,1-4H3,(H,31,32,38). The normalized spacial score (nSPS) is 13.8. The lowest BCUT2D eigenvalue weighted by molar-refractivity contribution is -0.125. The van der Waals surface area contributed by atoms with Gasteiger partial charge in [-0.3, -0.25) is 14.4 Å². The highest BCUT2D eigenvalue weighted by Crippen LogP contribution is 2.33. The number of amides is 3. The molecule has 2 heterocycles. The predicted molar refractivity (Wildman–Crippen MR) is 152 cm³/mol. The van der Waals surface area contributed by atoms with Gasteiger partial charge in [0.25, 0.3) is 11.5 Å². The van der Waals surface area contributed by atoms with E-state index in [1.54, 1.807) is 26.2 Å². The van der Waals surface area contributed by atoms with E-state index in [0.717, 1.165) is 36.0 Å². The minimum absolute atomic E-state index is 0.0848. The van der Waals surface area contributed by atoms with Gasteiger partial charge in [0.05, 0.1) is 6.54 Å². The molecule has 1 aromatic carbocycles. The van der Waals surface area contributed by atoms with Crippen LogP contribution in [-0.4, -0.2) is 76.1 Å². The van der Waals surface area contributed by atoms with E-state index in [2.05, 4.69) is 14.9 Å². The highest BCUT2D eigenvalue weighted by molar-refractivity contribution is 5.94. The van der Waals surface area contributed by atoms with E-state index >= 15 is 0 Å². The van der Waals surface area contributed by atoms with Gasteiger partial charge in [0.1, 0.15) is 5.82 Å². The van der Waals surface area contributed by atoms with E-state index in [1.165, 1.54) is 59.1 Å². The molecule has 11 nitrogen and oxygen atoms in total. The second-order valence-electron chi connectivity index (χ2n) is 10.6. The number of halogens is 1. The minimum atomic E-state index is -1.23. The second-order valence-corrected chi connectivity index (χ2v) is 10.6. The molecule has 0 saturated heterocycles. The maximum atomic E-state index is 13.9. The van der Waals surface area contributed by atoms with Crippen molar-refractivity contribution in [1.82, 2.24) is 23.9 Å². The smallest absolute Gasteiger partial charge is 0.410 e. The molecule has 3 amide bonds. The van der Waals surface area contributed by atoms with Crippen molar-refractivity contribution in [1.29, 1.82) is 0 Å². The first-order valence-electron chi connectivity index (χ1n) is 13.4. The number of anilines is 1. The van der Waals surface area contributed by atoms with Crippen molar-refractivity contribution in [3.63, 3.8) is 0 Å². The summed E-state index contributed by atoms with van der Waals surface area (Å²) in [6.45, 7) is 0.971. The number of hydrogen-bond donors (Lipinski definition) is 1. The molecule has 12 heteroatoms. The number of likely N-dealkylation sites (N-methyl/N-ethyl adjacent to an activating group) is 1. The molecule has 0 radical (unpaired) electrons. The molecule has 0 aliphatic heterocycles. The molecule has 218 valence electrons. The van der Waals surface area contributed by atoms with Crippen molar-refractivity contribution in [2.45, 2.75) is 44.9 Å². The summed E-state index contributed by atoms with van der Waals surface area (Å²) in [5, 5.41) is 3.26. The summed E-state index contributed by atoms with van der Waals surface area (Å²) in [7, 11) is 6.21. The van der Waals surface area contributed by atoms with Gasteiger partial charge in [0, 0.05) is 63.7 Å². The van der Waals surface area contributed by atoms with Gasteiger partial charge in [-0.2, -0.15) is 0 Å². The van der Waals surface area contributed by atoms with Crippen LogP contribution in [-0.2, 0) is 27.4 Å². The van der Waals surface area contributed by atoms with Crippen molar-refractivity contribution in [2.24, 2.45) is 5.92 Å². The van der Waals surface area contributed by atoms with Gasteiger partial charge < -0.3 is 29.0 Å². The van der Waals surface area contributed by atoms with Gasteiger partial charge in [-0.15, -0.1) is 0 Å². The summed E-state index contributed by atoms with van der Waals surface area (Å²) in [5.41, 5.74) is 1.19. The average molecular weight is 567 g/mol.